The van der Waals surface area contributed by atoms with Crippen molar-refractivity contribution < 1.29 is 0 Å². The maximum atomic E-state index is 6.32. The van der Waals surface area contributed by atoms with E-state index in [2.05, 4.69) is 72.2 Å². The third kappa shape index (κ3) is 3.94. The summed E-state index contributed by atoms with van der Waals surface area (Å²) in [6.07, 6.45) is 2.03. The molecule has 1 nitrogen and oxygen atoms in total. The van der Waals surface area contributed by atoms with E-state index in [0.29, 0.717) is 5.92 Å². The highest BCUT2D eigenvalue weighted by atomic mass is 79.9. The molecular formula is C18H22BrN. The summed E-state index contributed by atoms with van der Waals surface area (Å²) in [7, 11) is 0. The van der Waals surface area contributed by atoms with E-state index >= 15 is 0 Å². The van der Waals surface area contributed by atoms with Crippen molar-refractivity contribution in [3.05, 3.63) is 69.7 Å². The van der Waals surface area contributed by atoms with Crippen LogP contribution in [0.25, 0.3) is 0 Å². The average molecular weight is 332 g/mol. The van der Waals surface area contributed by atoms with E-state index in [1.807, 2.05) is 6.07 Å². The van der Waals surface area contributed by atoms with Crippen LogP contribution in [0.3, 0.4) is 0 Å². The molecule has 0 spiro atoms. The maximum absolute atomic E-state index is 6.32. The lowest BCUT2D eigenvalue weighted by atomic mass is 9.94. The Labute approximate surface area is 130 Å². The fraction of sp³-hybridized carbons (Fsp3) is 0.333. The van der Waals surface area contributed by atoms with Crippen molar-refractivity contribution in [1.82, 2.24) is 0 Å². The summed E-state index contributed by atoms with van der Waals surface area (Å²) in [5.41, 5.74) is 10.2. The van der Waals surface area contributed by atoms with Gasteiger partial charge in [0, 0.05) is 10.5 Å². The molecule has 2 atom stereocenters. The number of nitrogens with two attached hydrogens (primary N) is 1. The molecule has 106 valence electrons. The number of hydrogen-bond donors (Lipinski definition) is 1. The Morgan fingerprint density at radius 1 is 1.05 bits per heavy atom. The molecule has 2 aromatic carbocycles. The molecule has 2 aromatic rings. The van der Waals surface area contributed by atoms with Crippen molar-refractivity contribution in [2.75, 3.05) is 0 Å². The SMILES string of the molecule is CCC(C)c1ccc(C(N)Cc2cccc(Br)c2)cc1. The highest BCUT2D eigenvalue weighted by Gasteiger charge is 2.09. The first-order valence-corrected chi connectivity index (χ1v) is 7.99. The van der Waals surface area contributed by atoms with Gasteiger partial charge in [-0.3, -0.25) is 0 Å². The Hall–Kier alpha value is -1.12. The van der Waals surface area contributed by atoms with Gasteiger partial charge < -0.3 is 5.73 Å². The second-order valence-electron chi connectivity index (χ2n) is 5.42. The van der Waals surface area contributed by atoms with Crippen LogP contribution in [0.4, 0.5) is 0 Å². The first-order chi connectivity index (χ1) is 9.60. The number of halogens is 1. The summed E-state index contributed by atoms with van der Waals surface area (Å²) in [5, 5.41) is 0. The first-order valence-electron chi connectivity index (χ1n) is 7.20. The predicted molar refractivity (Wildman–Crippen MR) is 89.9 cm³/mol. The third-order valence-corrected chi connectivity index (χ3v) is 4.38. The van der Waals surface area contributed by atoms with Crippen molar-refractivity contribution in [1.29, 1.82) is 0 Å². The maximum Gasteiger partial charge on any atom is 0.0335 e. The molecule has 0 aliphatic carbocycles. The largest absolute Gasteiger partial charge is 0.324 e. The van der Waals surface area contributed by atoms with Gasteiger partial charge in [0.1, 0.15) is 0 Å². The molecule has 2 unspecified atom stereocenters. The smallest absolute Gasteiger partial charge is 0.0335 e. The summed E-state index contributed by atoms with van der Waals surface area (Å²) >= 11 is 3.50. The van der Waals surface area contributed by atoms with E-state index in [9.17, 15) is 0 Å². The zero-order chi connectivity index (χ0) is 14.5. The minimum absolute atomic E-state index is 0.0512. The molecule has 0 bridgehead atoms. The monoisotopic (exact) mass is 331 g/mol. The summed E-state index contributed by atoms with van der Waals surface area (Å²) in [5.74, 6) is 0.616. The summed E-state index contributed by atoms with van der Waals surface area (Å²) < 4.78 is 1.11. The van der Waals surface area contributed by atoms with Crippen LogP contribution in [0.2, 0.25) is 0 Å². The Kier molecular flexibility index (Phi) is 5.38. The third-order valence-electron chi connectivity index (χ3n) is 3.89. The molecule has 20 heavy (non-hydrogen) atoms. The molecule has 0 saturated carbocycles. The van der Waals surface area contributed by atoms with Gasteiger partial charge in [-0.05, 0) is 47.6 Å². The Morgan fingerprint density at radius 2 is 1.70 bits per heavy atom. The molecular weight excluding hydrogens is 310 g/mol. The molecule has 0 fully saturated rings. The lowest BCUT2D eigenvalue weighted by Crippen LogP contribution is -2.13. The quantitative estimate of drug-likeness (QED) is 0.800. The average Bonchev–Trinajstić information content (AvgIpc) is 2.46. The topological polar surface area (TPSA) is 26.0 Å². The van der Waals surface area contributed by atoms with Crippen LogP contribution in [0, 0.1) is 0 Å². The summed E-state index contributed by atoms with van der Waals surface area (Å²) in [4.78, 5) is 0. The Bertz CT molecular complexity index is 548. The molecule has 0 aromatic heterocycles. The van der Waals surface area contributed by atoms with E-state index in [1.54, 1.807) is 0 Å². The zero-order valence-electron chi connectivity index (χ0n) is 12.1. The van der Waals surface area contributed by atoms with Crippen LogP contribution in [-0.4, -0.2) is 0 Å². The van der Waals surface area contributed by atoms with Crippen LogP contribution in [0.5, 0.6) is 0 Å². The van der Waals surface area contributed by atoms with Gasteiger partial charge in [-0.2, -0.15) is 0 Å². The molecule has 2 heteroatoms. The molecule has 0 amide bonds. The van der Waals surface area contributed by atoms with Gasteiger partial charge in [-0.15, -0.1) is 0 Å². The highest BCUT2D eigenvalue weighted by Crippen LogP contribution is 2.23. The van der Waals surface area contributed by atoms with Gasteiger partial charge in [0.05, 0.1) is 0 Å². The Morgan fingerprint density at radius 3 is 2.30 bits per heavy atom. The molecule has 2 rings (SSSR count). The summed E-state index contributed by atoms with van der Waals surface area (Å²) in [6, 6.07) is 17.2. The number of rotatable bonds is 5. The van der Waals surface area contributed by atoms with Crippen molar-refractivity contribution in [2.24, 2.45) is 5.73 Å². The molecule has 0 aliphatic heterocycles. The summed E-state index contributed by atoms with van der Waals surface area (Å²) in [6.45, 7) is 4.48. The van der Waals surface area contributed by atoms with Gasteiger partial charge in [0.2, 0.25) is 0 Å². The molecule has 0 aliphatic rings. The molecule has 2 N–H and O–H groups in total. The van der Waals surface area contributed by atoms with Crippen molar-refractivity contribution >= 4 is 15.9 Å². The fourth-order valence-corrected chi connectivity index (χ4v) is 2.79. The van der Waals surface area contributed by atoms with E-state index < -0.39 is 0 Å². The van der Waals surface area contributed by atoms with Gasteiger partial charge in [0.25, 0.3) is 0 Å². The van der Waals surface area contributed by atoms with E-state index in [-0.39, 0.29) is 6.04 Å². The lowest BCUT2D eigenvalue weighted by Gasteiger charge is -2.15. The highest BCUT2D eigenvalue weighted by molar-refractivity contribution is 9.10. The number of hydrogen-bond acceptors (Lipinski definition) is 1. The minimum Gasteiger partial charge on any atom is -0.324 e. The predicted octanol–water partition coefficient (Wildman–Crippen LogP) is 5.21. The molecule has 0 saturated heterocycles. The standard InChI is InChI=1S/C18H22BrN/c1-3-13(2)15-7-9-16(10-8-15)18(20)12-14-5-4-6-17(19)11-14/h4-11,13,18H,3,12,20H2,1-2H3. The van der Waals surface area contributed by atoms with Crippen LogP contribution in [-0.2, 0) is 6.42 Å². The molecule has 0 radical (unpaired) electrons. The van der Waals surface area contributed by atoms with Crippen LogP contribution in [0.15, 0.2) is 53.0 Å². The fourth-order valence-electron chi connectivity index (χ4n) is 2.34. The van der Waals surface area contributed by atoms with Gasteiger partial charge in [0.15, 0.2) is 0 Å². The lowest BCUT2D eigenvalue weighted by molar-refractivity contribution is 0.712. The van der Waals surface area contributed by atoms with Gasteiger partial charge >= 0.3 is 0 Å². The van der Waals surface area contributed by atoms with Gasteiger partial charge in [-0.1, -0.05) is 66.2 Å². The van der Waals surface area contributed by atoms with Crippen LogP contribution in [0.1, 0.15) is 48.9 Å². The van der Waals surface area contributed by atoms with Crippen molar-refractivity contribution in [2.45, 2.75) is 38.6 Å². The van der Waals surface area contributed by atoms with E-state index in [1.165, 1.54) is 23.1 Å². The second-order valence-corrected chi connectivity index (χ2v) is 6.33. The Balaban J connectivity index is 2.07. The van der Waals surface area contributed by atoms with Crippen molar-refractivity contribution in [3.63, 3.8) is 0 Å². The number of benzene rings is 2. The second kappa shape index (κ2) is 7.05. The van der Waals surface area contributed by atoms with E-state index in [0.717, 1.165) is 10.9 Å². The normalized spacial score (nSPS) is 14.0. The van der Waals surface area contributed by atoms with E-state index in [4.69, 9.17) is 5.73 Å². The first kappa shape index (κ1) is 15.3. The van der Waals surface area contributed by atoms with Crippen molar-refractivity contribution in [3.8, 4) is 0 Å². The molecule has 0 heterocycles. The zero-order valence-corrected chi connectivity index (χ0v) is 13.7. The minimum atomic E-state index is 0.0512. The van der Waals surface area contributed by atoms with Crippen LogP contribution >= 0.6 is 15.9 Å². The van der Waals surface area contributed by atoms with Gasteiger partial charge in [-0.25, -0.2) is 0 Å². The van der Waals surface area contributed by atoms with Crippen LogP contribution < -0.4 is 5.73 Å².